The lowest BCUT2D eigenvalue weighted by Crippen LogP contribution is -2.43. The Bertz CT molecular complexity index is 1000. The number of anilines is 1. The van der Waals surface area contributed by atoms with E-state index in [-0.39, 0.29) is 0 Å². The van der Waals surface area contributed by atoms with Crippen LogP contribution < -0.4 is 9.64 Å². The van der Waals surface area contributed by atoms with Gasteiger partial charge in [-0.25, -0.2) is 4.98 Å². The SMILES string of the molecule is Cc1cc(C)n(CCOc2ccc(CN(C)C[C@]3(O)CCN(c4ccccn4)C3)cc2)n1. The molecule has 0 bridgehead atoms. The molecule has 32 heavy (non-hydrogen) atoms. The molecule has 0 amide bonds. The molecule has 170 valence electrons. The molecular formula is C25H33N5O2. The number of pyridine rings is 1. The molecule has 1 saturated heterocycles. The summed E-state index contributed by atoms with van der Waals surface area (Å²) in [5.41, 5.74) is 2.65. The Morgan fingerprint density at radius 1 is 1.16 bits per heavy atom. The fourth-order valence-electron chi connectivity index (χ4n) is 4.43. The zero-order chi connectivity index (χ0) is 22.6. The predicted octanol–water partition coefficient (Wildman–Crippen LogP) is 3.05. The fourth-order valence-corrected chi connectivity index (χ4v) is 4.43. The van der Waals surface area contributed by atoms with Crippen molar-refractivity contribution in [3.8, 4) is 5.75 Å². The van der Waals surface area contributed by atoms with Gasteiger partial charge in [0.2, 0.25) is 0 Å². The summed E-state index contributed by atoms with van der Waals surface area (Å²) < 4.78 is 7.86. The van der Waals surface area contributed by atoms with Crippen molar-refractivity contribution in [1.82, 2.24) is 19.7 Å². The van der Waals surface area contributed by atoms with E-state index in [2.05, 4.69) is 52.1 Å². The van der Waals surface area contributed by atoms with Gasteiger partial charge in [0.05, 0.1) is 17.8 Å². The highest BCUT2D eigenvalue weighted by Gasteiger charge is 2.37. The molecule has 4 rings (SSSR count). The van der Waals surface area contributed by atoms with Crippen LogP contribution in [0.5, 0.6) is 5.75 Å². The second kappa shape index (κ2) is 9.71. The number of likely N-dealkylation sites (N-methyl/N-ethyl adjacent to an activating group) is 1. The molecule has 0 spiro atoms. The number of rotatable bonds is 9. The maximum atomic E-state index is 11.1. The Labute approximate surface area is 190 Å². The highest BCUT2D eigenvalue weighted by molar-refractivity contribution is 5.40. The first-order valence-corrected chi connectivity index (χ1v) is 11.2. The highest BCUT2D eigenvalue weighted by Crippen LogP contribution is 2.26. The molecule has 1 atom stereocenters. The first kappa shape index (κ1) is 22.3. The number of aryl methyl sites for hydroxylation is 2. The summed E-state index contributed by atoms with van der Waals surface area (Å²) in [6.45, 7) is 8.21. The van der Waals surface area contributed by atoms with Gasteiger partial charge < -0.3 is 14.7 Å². The molecule has 7 heteroatoms. The van der Waals surface area contributed by atoms with Crippen LogP contribution in [0.15, 0.2) is 54.7 Å². The highest BCUT2D eigenvalue weighted by atomic mass is 16.5. The number of aliphatic hydroxyl groups is 1. The molecule has 0 saturated carbocycles. The van der Waals surface area contributed by atoms with Gasteiger partial charge in [-0.1, -0.05) is 18.2 Å². The van der Waals surface area contributed by atoms with Crippen LogP contribution in [0.1, 0.15) is 23.4 Å². The van der Waals surface area contributed by atoms with Crippen molar-refractivity contribution in [3.05, 3.63) is 71.7 Å². The van der Waals surface area contributed by atoms with Gasteiger partial charge in [-0.3, -0.25) is 9.58 Å². The number of hydrogen-bond acceptors (Lipinski definition) is 6. The Kier molecular flexibility index (Phi) is 6.77. The molecule has 1 aliphatic rings. The summed E-state index contributed by atoms with van der Waals surface area (Å²) >= 11 is 0. The standard InChI is InChI=1S/C25H33N5O2/c1-20-16-21(2)30(27-20)14-15-32-23-9-7-22(8-10-23)17-28(3)18-25(31)11-13-29(19-25)24-6-4-5-12-26-24/h4-10,12,16,31H,11,13-15,17-19H2,1-3H3/t25-/m1/s1. The third-order valence-corrected chi connectivity index (χ3v) is 5.92. The first-order chi connectivity index (χ1) is 15.4. The van der Waals surface area contributed by atoms with Crippen molar-refractivity contribution in [2.45, 2.75) is 39.0 Å². The van der Waals surface area contributed by atoms with Crippen molar-refractivity contribution in [2.24, 2.45) is 0 Å². The van der Waals surface area contributed by atoms with Crippen LogP contribution in [-0.2, 0) is 13.1 Å². The van der Waals surface area contributed by atoms with E-state index >= 15 is 0 Å². The van der Waals surface area contributed by atoms with Crippen LogP contribution in [0.4, 0.5) is 5.82 Å². The van der Waals surface area contributed by atoms with Gasteiger partial charge in [0.15, 0.2) is 0 Å². The van der Waals surface area contributed by atoms with E-state index in [1.54, 1.807) is 6.20 Å². The predicted molar refractivity (Wildman–Crippen MR) is 126 cm³/mol. The number of benzene rings is 1. The van der Waals surface area contributed by atoms with Crippen LogP contribution in [0.25, 0.3) is 0 Å². The van der Waals surface area contributed by atoms with Crippen molar-refractivity contribution >= 4 is 5.82 Å². The van der Waals surface area contributed by atoms with E-state index in [9.17, 15) is 5.11 Å². The average molecular weight is 436 g/mol. The third kappa shape index (κ3) is 5.66. The molecule has 0 unspecified atom stereocenters. The Balaban J connectivity index is 1.24. The van der Waals surface area contributed by atoms with Gasteiger partial charge in [0.25, 0.3) is 0 Å². The van der Waals surface area contributed by atoms with Crippen LogP contribution >= 0.6 is 0 Å². The molecule has 3 aromatic rings. The van der Waals surface area contributed by atoms with Gasteiger partial charge in [-0.2, -0.15) is 5.10 Å². The van der Waals surface area contributed by atoms with Gasteiger partial charge in [-0.15, -0.1) is 0 Å². The minimum Gasteiger partial charge on any atom is -0.492 e. The number of β-amino-alcohol motifs (C(OH)–C–C–N with tert-alkyl or cyclic N) is 1. The number of aromatic nitrogens is 3. The molecule has 1 fully saturated rings. The zero-order valence-corrected chi connectivity index (χ0v) is 19.2. The Morgan fingerprint density at radius 3 is 2.66 bits per heavy atom. The van der Waals surface area contributed by atoms with E-state index in [0.717, 1.165) is 49.0 Å². The first-order valence-electron chi connectivity index (χ1n) is 11.2. The van der Waals surface area contributed by atoms with Gasteiger partial charge in [0.1, 0.15) is 18.2 Å². The molecule has 2 aromatic heterocycles. The second-order valence-corrected chi connectivity index (χ2v) is 8.90. The Hall–Kier alpha value is -2.90. The quantitative estimate of drug-likeness (QED) is 0.557. The van der Waals surface area contributed by atoms with E-state index in [0.29, 0.717) is 19.7 Å². The fraction of sp³-hybridized carbons (Fsp3) is 0.440. The minimum absolute atomic E-state index is 0.584. The monoisotopic (exact) mass is 435 g/mol. The van der Waals surface area contributed by atoms with Crippen molar-refractivity contribution in [2.75, 3.05) is 38.2 Å². The van der Waals surface area contributed by atoms with Crippen LogP contribution in [0.3, 0.4) is 0 Å². The summed E-state index contributed by atoms with van der Waals surface area (Å²) in [5, 5.41) is 15.6. The van der Waals surface area contributed by atoms with Crippen LogP contribution in [0, 0.1) is 13.8 Å². The third-order valence-electron chi connectivity index (χ3n) is 5.92. The molecule has 0 aliphatic carbocycles. The lowest BCUT2D eigenvalue weighted by atomic mass is 10.0. The van der Waals surface area contributed by atoms with E-state index < -0.39 is 5.60 Å². The molecular weight excluding hydrogens is 402 g/mol. The Morgan fingerprint density at radius 2 is 1.97 bits per heavy atom. The minimum atomic E-state index is -0.724. The molecule has 1 aromatic carbocycles. The van der Waals surface area contributed by atoms with E-state index in [1.165, 1.54) is 5.56 Å². The largest absolute Gasteiger partial charge is 0.492 e. The summed E-state index contributed by atoms with van der Waals surface area (Å²) in [4.78, 5) is 8.75. The number of ether oxygens (including phenoxy) is 1. The molecule has 3 heterocycles. The van der Waals surface area contributed by atoms with Crippen LogP contribution in [-0.4, -0.2) is 63.7 Å². The van der Waals surface area contributed by atoms with Crippen molar-refractivity contribution in [3.63, 3.8) is 0 Å². The van der Waals surface area contributed by atoms with Gasteiger partial charge >= 0.3 is 0 Å². The molecule has 0 radical (unpaired) electrons. The second-order valence-electron chi connectivity index (χ2n) is 8.90. The summed E-state index contributed by atoms with van der Waals surface area (Å²) in [7, 11) is 2.06. The lowest BCUT2D eigenvalue weighted by molar-refractivity contribution is 0.0279. The van der Waals surface area contributed by atoms with Crippen molar-refractivity contribution in [1.29, 1.82) is 0 Å². The topological polar surface area (TPSA) is 66.7 Å². The van der Waals surface area contributed by atoms with Crippen molar-refractivity contribution < 1.29 is 9.84 Å². The summed E-state index contributed by atoms with van der Waals surface area (Å²) in [6.07, 6.45) is 2.54. The summed E-state index contributed by atoms with van der Waals surface area (Å²) in [6, 6.07) is 16.2. The summed E-state index contributed by atoms with van der Waals surface area (Å²) in [5.74, 6) is 1.79. The number of hydrogen-bond donors (Lipinski definition) is 1. The van der Waals surface area contributed by atoms with E-state index in [4.69, 9.17) is 4.74 Å². The maximum Gasteiger partial charge on any atom is 0.128 e. The normalized spacial score (nSPS) is 18.5. The van der Waals surface area contributed by atoms with E-state index in [1.807, 2.05) is 41.9 Å². The van der Waals surface area contributed by atoms with Gasteiger partial charge in [0, 0.05) is 38.1 Å². The number of nitrogens with zero attached hydrogens (tertiary/aromatic N) is 5. The zero-order valence-electron chi connectivity index (χ0n) is 19.2. The van der Waals surface area contributed by atoms with Crippen LogP contribution in [0.2, 0.25) is 0 Å². The lowest BCUT2D eigenvalue weighted by Gasteiger charge is -2.29. The maximum absolute atomic E-state index is 11.1. The van der Waals surface area contributed by atoms with Gasteiger partial charge in [-0.05, 0) is 63.2 Å². The smallest absolute Gasteiger partial charge is 0.128 e. The molecule has 7 nitrogen and oxygen atoms in total. The average Bonchev–Trinajstić information content (AvgIpc) is 3.31. The molecule has 1 aliphatic heterocycles. The molecule has 1 N–H and O–H groups in total.